The van der Waals surface area contributed by atoms with Gasteiger partial charge >= 0.3 is 0 Å². The molecule has 0 aliphatic heterocycles. The van der Waals surface area contributed by atoms with E-state index in [1.54, 1.807) is 31.4 Å². The number of nitrogens with one attached hydrogen (secondary N) is 1. The van der Waals surface area contributed by atoms with Gasteiger partial charge in [0.1, 0.15) is 5.75 Å². The smallest absolute Gasteiger partial charge is 0.258 e. The van der Waals surface area contributed by atoms with Gasteiger partial charge in [-0.3, -0.25) is 4.79 Å². The Morgan fingerprint density at radius 1 is 1.41 bits per heavy atom. The molecule has 0 aliphatic carbocycles. The first kappa shape index (κ1) is 13.8. The average Bonchev–Trinajstić information content (AvgIpc) is 2.28. The minimum absolute atomic E-state index is 0.0182. The Morgan fingerprint density at radius 3 is 2.65 bits per heavy atom. The van der Waals surface area contributed by atoms with Crippen molar-refractivity contribution in [1.82, 2.24) is 5.32 Å². The molecular weight excluding hydrogens is 242 g/mol. The van der Waals surface area contributed by atoms with Gasteiger partial charge in [0.15, 0.2) is 6.61 Å². The molecule has 0 saturated heterocycles. The summed E-state index contributed by atoms with van der Waals surface area (Å²) in [5.74, 6) is 0.438. The van der Waals surface area contributed by atoms with Crippen molar-refractivity contribution in [2.75, 3.05) is 20.3 Å². The molecule has 0 bridgehead atoms. The first-order valence-corrected chi connectivity index (χ1v) is 5.66. The van der Waals surface area contributed by atoms with E-state index in [1.165, 1.54) is 0 Å². The SMILES string of the molecule is COC[C@H](C)NC(=O)COc1ccc(Cl)cc1. The fourth-order valence-electron chi connectivity index (χ4n) is 1.29. The van der Waals surface area contributed by atoms with E-state index in [2.05, 4.69) is 5.32 Å². The molecule has 17 heavy (non-hydrogen) atoms. The Labute approximate surface area is 106 Å². The van der Waals surface area contributed by atoms with E-state index in [1.807, 2.05) is 6.92 Å². The number of benzene rings is 1. The molecule has 0 fully saturated rings. The summed E-state index contributed by atoms with van der Waals surface area (Å²) in [4.78, 5) is 11.5. The van der Waals surface area contributed by atoms with Gasteiger partial charge in [-0.05, 0) is 31.2 Å². The zero-order chi connectivity index (χ0) is 12.7. The highest BCUT2D eigenvalue weighted by Crippen LogP contribution is 2.15. The Bertz CT molecular complexity index is 353. The lowest BCUT2D eigenvalue weighted by atomic mass is 10.3. The predicted molar refractivity (Wildman–Crippen MR) is 66.4 cm³/mol. The molecule has 5 heteroatoms. The summed E-state index contributed by atoms with van der Waals surface area (Å²) < 4.78 is 10.2. The average molecular weight is 258 g/mol. The van der Waals surface area contributed by atoms with E-state index in [9.17, 15) is 4.79 Å². The van der Waals surface area contributed by atoms with E-state index in [0.717, 1.165) is 0 Å². The molecule has 0 radical (unpaired) electrons. The third-order valence-electron chi connectivity index (χ3n) is 2.01. The van der Waals surface area contributed by atoms with Crippen molar-refractivity contribution in [3.05, 3.63) is 29.3 Å². The number of amides is 1. The summed E-state index contributed by atoms with van der Waals surface area (Å²) in [6.45, 7) is 2.33. The molecule has 1 N–H and O–H groups in total. The first-order valence-electron chi connectivity index (χ1n) is 5.28. The van der Waals surface area contributed by atoms with Gasteiger partial charge in [0, 0.05) is 18.2 Å². The van der Waals surface area contributed by atoms with Crippen LogP contribution in [0.1, 0.15) is 6.92 Å². The van der Waals surface area contributed by atoms with E-state index < -0.39 is 0 Å². The third-order valence-corrected chi connectivity index (χ3v) is 2.26. The topological polar surface area (TPSA) is 47.6 Å². The van der Waals surface area contributed by atoms with Crippen LogP contribution < -0.4 is 10.1 Å². The molecular formula is C12H16ClNO3. The molecule has 0 aromatic heterocycles. The summed E-state index contributed by atoms with van der Waals surface area (Å²) in [5, 5.41) is 3.38. The molecule has 0 unspecified atom stereocenters. The monoisotopic (exact) mass is 257 g/mol. The molecule has 0 heterocycles. The number of ether oxygens (including phenoxy) is 2. The zero-order valence-corrected chi connectivity index (χ0v) is 10.7. The Kier molecular flexibility index (Phi) is 5.80. The van der Waals surface area contributed by atoms with E-state index >= 15 is 0 Å². The molecule has 1 aromatic carbocycles. The highest BCUT2D eigenvalue weighted by atomic mass is 35.5. The van der Waals surface area contributed by atoms with Crippen molar-refractivity contribution in [1.29, 1.82) is 0 Å². The Morgan fingerprint density at radius 2 is 2.06 bits per heavy atom. The Balaban J connectivity index is 2.30. The normalized spacial score (nSPS) is 11.9. The zero-order valence-electron chi connectivity index (χ0n) is 9.90. The van der Waals surface area contributed by atoms with Crippen molar-refractivity contribution in [2.45, 2.75) is 13.0 Å². The lowest BCUT2D eigenvalue weighted by Gasteiger charge is -2.13. The maximum absolute atomic E-state index is 11.5. The molecule has 1 amide bonds. The minimum Gasteiger partial charge on any atom is -0.484 e. The van der Waals surface area contributed by atoms with Crippen molar-refractivity contribution in [3.8, 4) is 5.75 Å². The highest BCUT2D eigenvalue weighted by molar-refractivity contribution is 6.30. The molecule has 1 aromatic rings. The van der Waals surface area contributed by atoms with Gasteiger partial charge in [-0.2, -0.15) is 0 Å². The largest absolute Gasteiger partial charge is 0.484 e. The second-order valence-corrected chi connectivity index (χ2v) is 4.10. The molecule has 1 rings (SSSR count). The maximum atomic E-state index is 11.5. The van der Waals surface area contributed by atoms with Crippen LogP contribution in [0.15, 0.2) is 24.3 Å². The fourth-order valence-corrected chi connectivity index (χ4v) is 1.41. The number of carbonyl (C=O) groups is 1. The van der Waals surface area contributed by atoms with Gasteiger partial charge in [-0.25, -0.2) is 0 Å². The van der Waals surface area contributed by atoms with Crippen molar-refractivity contribution in [2.24, 2.45) is 0 Å². The van der Waals surface area contributed by atoms with Crippen LogP contribution in [0.3, 0.4) is 0 Å². The number of carbonyl (C=O) groups excluding carboxylic acids is 1. The first-order chi connectivity index (χ1) is 8.11. The predicted octanol–water partition coefficient (Wildman–Crippen LogP) is 1.87. The number of methoxy groups -OCH3 is 1. The number of hydrogen-bond donors (Lipinski definition) is 1. The number of halogens is 1. The van der Waals surface area contributed by atoms with E-state index in [-0.39, 0.29) is 18.6 Å². The lowest BCUT2D eigenvalue weighted by Crippen LogP contribution is -2.38. The highest BCUT2D eigenvalue weighted by Gasteiger charge is 2.07. The van der Waals surface area contributed by atoms with Crippen LogP contribution in [0.25, 0.3) is 0 Å². The van der Waals surface area contributed by atoms with Crippen molar-refractivity contribution in [3.63, 3.8) is 0 Å². The minimum atomic E-state index is -0.176. The van der Waals surface area contributed by atoms with Crippen LogP contribution in [-0.2, 0) is 9.53 Å². The van der Waals surface area contributed by atoms with Gasteiger partial charge in [0.2, 0.25) is 0 Å². The van der Waals surface area contributed by atoms with Crippen LogP contribution in [0.5, 0.6) is 5.75 Å². The van der Waals surface area contributed by atoms with Gasteiger partial charge in [-0.15, -0.1) is 0 Å². The fraction of sp³-hybridized carbons (Fsp3) is 0.417. The second kappa shape index (κ2) is 7.14. The number of hydrogen-bond acceptors (Lipinski definition) is 3. The summed E-state index contributed by atoms with van der Waals surface area (Å²) >= 11 is 5.73. The second-order valence-electron chi connectivity index (χ2n) is 3.67. The summed E-state index contributed by atoms with van der Waals surface area (Å²) in [6, 6.07) is 6.83. The van der Waals surface area contributed by atoms with Crippen LogP contribution in [-0.4, -0.2) is 32.3 Å². The van der Waals surface area contributed by atoms with Gasteiger partial charge in [0.05, 0.1) is 6.61 Å². The quantitative estimate of drug-likeness (QED) is 0.846. The molecule has 0 saturated carbocycles. The van der Waals surface area contributed by atoms with Gasteiger partial charge < -0.3 is 14.8 Å². The maximum Gasteiger partial charge on any atom is 0.258 e. The third kappa shape index (κ3) is 5.56. The molecule has 1 atom stereocenters. The standard InChI is InChI=1S/C12H16ClNO3/c1-9(7-16-2)14-12(15)8-17-11-5-3-10(13)4-6-11/h3-6,9H,7-8H2,1-2H3,(H,14,15)/t9-/m0/s1. The van der Waals surface area contributed by atoms with Crippen LogP contribution in [0.2, 0.25) is 5.02 Å². The summed E-state index contributed by atoms with van der Waals surface area (Å²) in [6.07, 6.45) is 0. The molecule has 94 valence electrons. The molecule has 0 spiro atoms. The van der Waals surface area contributed by atoms with Crippen LogP contribution >= 0.6 is 11.6 Å². The molecule has 4 nitrogen and oxygen atoms in total. The van der Waals surface area contributed by atoms with Gasteiger partial charge in [-0.1, -0.05) is 11.6 Å². The number of rotatable bonds is 6. The van der Waals surface area contributed by atoms with Gasteiger partial charge in [0.25, 0.3) is 5.91 Å². The van der Waals surface area contributed by atoms with Crippen LogP contribution in [0, 0.1) is 0 Å². The van der Waals surface area contributed by atoms with Crippen molar-refractivity contribution < 1.29 is 14.3 Å². The summed E-state index contributed by atoms with van der Waals surface area (Å²) in [5.41, 5.74) is 0. The van der Waals surface area contributed by atoms with E-state index in [0.29, 0.717) is 17.4 Å². The molecule has 0 aliphatic rings. The summed E-state index contributed by atoms with van der Waals surface area (Å²) in [7, 11) is 1.59. The van der Waals surface area contributed by atoms with Crippen molar-refractivity contribution >= 4 is 17.5 Å². The Hall–Kier alpha value is -1.26. The van der Waals surface area contributed by atoms with E-state index in [4.69, 9.17) is 21.1 Å². The lowest BCUT2D eigenvalue weighted by molar-refractivity contribution is -0.124. The van der Waals surface area contributed by atoms with Crippen LogP contribution in [0.4, 0.5) is 0 Å².